The number of carbonyl (C=O) groups is 2. The van der Waals surface area contributed by atoms with Crippen molar-refractivity contribution in [2.45, 2.75) is 6.42 Å². The summed E-state index contributed by atoms with van der Waals surface area (Å²) in [5.41, 5.74) is 4.82. The summed E-state index contributed by atoms with van der Waals surface area (Å²) >= 11 is 5.94. The SMILES string of the molecule is COC(=O)c1[nH]c(Cc2ccc(/C=C/C(=O)NO)cc2)nc1-c1ccc(Cl)cc1.Cl. The summed E-state index contributed by atoms with van der Waals surface area (Å²) in [5, 5.41) is 9.09. The van der Waals surface area contributed by atoms with Gasteiger partial charge in [-0.05, 0) is 29.3 Å². The zero-order valence-corrected chi connectivity index (χ0v) is 17.5. The lowest BCUT2D eigenvalue weighted by molar-refractivity contribution is -0.124. The van der Waals surface area contributed by atoms with Gasteiger partial charge >= 0.3 is 5.97 Å². The molecule has 0 aliphatic carbocycles. The lowest BCUT2D eigenvalue weighted by atomic mass is 10.1. The zero-order valence-electron chi connectivity index (χ0n) is 15.9. The van der Waals surface area contributed by atoms with Gasteiger partial charge in [0.05, 0.1) is 7.11 Å². The second kappa shape index (κ2) is 10.6. The number of esters is 1. The first-order valence-electron chi connectivity index (χ1n) is 8.64. The maximum Gasteiger partial charge on any atom is 0.356 e. The number of aromatic amines is 1. The molecule has 156 valence electrons. The van der Waals surface area contributed by atoms with E-state index in [1.165, 1.54) is 18.7 Å². The molecule has 1 heterocycles. The highest BCUT2D eigenvalue weighted by Crippen LogP contribution is 2.25. The number of benzene rings is 2. The van der Waals surface area contributed by atoms with Crippen LogP contribution >= 0.6 is 24.0 Å². The van der Waals surface area contributed by atoms with Crippen LogP contribution in [0, 0.1) is 0 Å². The minimum Gasteiger partial charge on any atom is -0.464 e. The van der Waals surface area contributed by atoms with Gasteiger partial charge in [-0.3, -0.25) is 10.0 Å². The molecule has 0 fully saturated rings. The third-order valence-corrected chi connectivity index (χ3v) is 4.40. The van der Waals surface area contributed by atoms with Crippen molar-refractivity contribution in [3.8, 4) is 11.3 Å². The number of nitrogens with one attached hydrogen (secondary N) is 2. The average Bonchev–Trinajstić information content (AvgIpc) is 3.16. The van der Waals surface area contributed by atoms with Crippen molar-refractivity contribution < 1.29 is 19.5 Å². The van der Waals surface area contributed by atoms with Crippen molar-refractivity contribution in [1.29, 1.82) is 0 Å². The van der Waals surface area contributed by atoms with Gasteiger partial charge in [-0.15, -0.1) is 12.4 Å². The standard InChI is InChI=1S/C21H18ClN3O4.ClH/c1-29-21(27)20-19(15-7-9-16(22)10-8-15)23-17(24-20)12-14-4-2-13(3-5-14)6-11-18(26)25-28;/h2-11,28H,12H2,1H3,(H,23,24)(H,25,26);1H/b11-6+;. The summed E-state index contributed by atoms with van der Waals surface area (Å²) in [4.78, 5) is 30.8. The zero-order chi connectivity index (χ0) is 20.8. The Morgan fingerprint density at radius 1 is 1.17 bits per heavy atom. The fourth-order valence-corrected chi connectivity index (χ4v) is 2.85. The van der Waals surface area contributed by atoms with Gasteiger partial charge in [0.1, 0.15) is 11.5 Å². The number of imidazole rings is 1. The highest BCUT2D eigenvalue weighted by atomic mass is 35.5. The van der Waals surface area contributed by atoms with E-state index in [-0.39, 0.29) is 18.1 Å². The van der Waals surface area contributed by atoms with Crippen molar-refractivity contribution >= 4 is 42.0 Å². The number of carbonyl (C=O) groups excluding carboxylic acids is 2. The Kier molecular flexibility index (Phi) is 8.17. The van der Waals surface area contributed by atoms with Gasteiger partial charge in [0.15, 0.2) is 5.69 Å². The first kappa shape index (κ1) is 23.2. The van der Waals surface area contributed by atoms with Crippen LogP contribution in [0.5, 0.6) is 0 Å². The van der Waals surface area contributed by atoms with Gasteiger partial charge in [-0.1, -0.05) is 48.0 Å². The molecule has 3 aromatic rings. The Bertz CT molecular complexity index is 1050. The smallest absolute Gasteiger partial charge is 0.356 e. The van der Waals surface area contributed by atoms with Gasteiger partial charge in [0, 0.05) is 23.1 Å². The maximum absolute atomic E-state index is 12.2. The van der Waals surface area contributed by atoms with Crippen LogP contribution in [0.3, 0.4) is 0 Å². The summed E-state index contributed by atoms with van der Waals surface area (Å²) in [7, 11) is 1.32. The summed E-state index contributed by atoms with van der Waals surface area (Å²) in [6, 6.07) is 14.5. The Morgan fingerprint density at radius 3 is 2.43 bits per heavy atom. The summed E-state index contributed by atoms with van der Waals surface area (Å²) in [5.74, 6) is -0.496. The van der Waals surface area contributed by atoms with Crippen LogP contribution < -0.4 is 5.48 Å². The molecule has 0 unspecified atom stereocenters. The molecule has 7 nitrogen and oxygen atoms in total. The largest absolute Gasteiger partial charge is 0.464 e. The number of amides is 1. The van der Waals surface area contributed by atoms with E-state index < -0.39 is 11.9 Å². The van der Waals surface area contributed by atoms with Crippen LogP contribution in [0.2, 0.25) is 5.02 Å². The lowest BCUT2D eigenvalue weighted by Crippen LogP contribution is -2.14. The van der Waals surface area contributed by atoms with Crippen LogP contribution in [0.15, 0.2) is 54.6 Å². The molecule has 0 saturated carbocycles. The predicted octanol–water partition coefficient (Wildman–Crippen LogP) is 4.05. The first-order valence-corrected chi connectivity index (χ1v) is 9.02. The van der Waals surface area contributed by atoms with Crippen molar-refractivity contribution in [1.82, 2.24) is 15.4 Å². The number of rotatable bonds is 6. The molecule has 9 heteroatoms. The predicted molar refractivity (Wildman–Crippen MR) is 116 cm³/mol. The fraction of sp³-hybridized carbons (Fsp3) is 0.0952. The summed E-state index contributed by atoms with van der Waals surface area (Å²) in [6.45, 7) is 0. The Labute approximate surface area is 184 Å². The quantitative estimate of drug-likeness (QED) is 0.229. The molecule has 0 atom stereocenters. The van der Waals surface area contributed by atoms with E-state index in [2.05, 4.69) is 9.97 Å². The van der Waals surface area contributed by atoms with E-state index in [0.717, 1.165) is 16.7 Å². The van der Waals surface area contributed by atoms with Crippen molar-refractivity contribution in [2.75, 3.05) is 7.11 Å². The number of H-pyrrole nitrogens is 1. The van der Waals surface area contributed by atoms with Crippen molar-refractivity contribution in [3.05, 3.63) is 82.3 Å². The number of ether oxygens (including phenoxy) is 1. The van der Waals surface area contributed by atoms with Crippen LogP contribution in [0.1, 0.15) is 27.4 Å². The third-order valence-electron chi connectivity index (χ3n) is 4.15. The molecule has 30 heavy (non-hydrogen) atoms. The molecule has 0 bridgehead atoms. The van der Waals surface area contributed by atoms with E-state index in [1.807, 2.05) is 24.3 Å². The number of nitrogens with zero attached hydrogens (tertiary/aromatic N) is 1. The lowest BCUT2D eigenvalue weighted by Gasteiger charge is -2.01. The molecule has 1 amide bonds. The average molecular weight is 448 g/mol. The Balaban J connectivity index is 0.00000320. The fourth-order valence-electron chi connectivity index (χ4n) is 2.72. The molecular weight excluding hydrogens is 429 g/mol. The third kappa shape index (κ3) is 5.70. The molecule has 0 saturated heterocycles. The molecule has 0 aliphatic heterocycles. The number of hydrogen-bond donors (Lipinski definition) is 3. The van der Waals surface area contributed by atoms with E-state index >= 15 is 0 Å². The molecule has 3 rings (SSSR count). The minimum absolute atomic E-state index is 0. The number of halogens is 2. The number of methoxy groups -OCH3 is 1. The minimum atomic E-state index is -0.602. The molecule has 0 spiro atoms. The molecule has 1 aromatic heterocycles. The van der Waals surface area contributed by atoms with Crippen LogP contribution in [0.25, 0.3) is 17.3 Å². The van der Waals surface area contributed by atoms with Crippen LogP contribution in [-0.4, -0.2) is 34.2 Å². The molecule has 2 aromatic carbocycles. The van der Waals surface area contributed by atoms with Crippen LogP contribution in [0.4, 0.5) is 0 Å². The molecular formula is C21H19Cl2N3O4. The first-order chi connectivity index (χ1) is 14.0. The molecule has 0 radical (unpaired) electrons. The van der Waals surface area contributed by atoms with E-state index in [9.17, 15) is 9.59 Å². The Morgan fingerprint density at radius 2 is 1.83 bits per heavy atom. The highest BCUT2D eigenvalue weighted by Gasteiger charge is 2.19. The maximum atomic E-state index is 12.2. The van der Waals surface area contributed by atoms with Gasteiger partial charge in [-0.25, -0.2) is 15.3 Å². The summed E-state index contributed by atoms with van der Waals surface area (Å²) in [6.07, 6.45) is 3.28. The monoisotopic (exact) mass is 447 g/mol. The van der Waals surface area contributed by atoms with Gasteiger partial charge in [0.25, 0.3) is 5.91 Å². The van der Waals surface area contributed by atoms with E-state index in [0.29, 0.717) is 23.0 Å². The summed E-state index contributed by atoms with van der Waals surface area (Å²) < 4.78 is 4.86. The van der Waals surface area contributed by atoms with Crippen LogP contribution in [-0.2, 0) is 16.0 Å². The van der Waals surface area contributed by atoms with Crippen molar-refractivity contribution in [2.24, 2.45) is 0 Å². The van der Waals surface area contributed by atoms with E-state index in [4.69, 9.17) is 21.5 Å². The van der Waals surface area contributed by atoms with E-state index in [1.54, 1.807) is 30.3 Å². The number of aromatic nitrogens is 2. The second-order valence-electron chi connectivity index (χ2n) is 6.13. The second-order valence-corrected chi connectivity index (χ2v) is 6.57. The van der Waals surface area contributed by atoms with Crippen molar-refractivity contribution in [3.63, 3.8) is 0 Å². The normalized spacial score (nSPS) is 10.5. The topological polar surface area (TPSA) is 104 Å². The Hall–Kier alpha value is -3.13. The number of hydroxylamine groups is 1. The van der Waals surface area contributed by atoms with Gasteiger partial charge in [-0.2, -0.15) is 0 Å². The highest BCUT2D eigenvalue weighted by molar-refractivity contribution is 6.30. The van der Waals surface area contributed by atoms with Gasteiger partial charge in [0.2, 0.25) is 0 Å². The molecule has 3 N–H and O–H groups in total. The van der Waals surface area contributed by atoms with Gasteiger partial charge < -0.3 is 9.72 Å². The number of hydrogen-bond acceptors (Lipinski definition) is 5. The molecule has 0 aliphatic rings.